The van der Waals surface area contributed by atoms with Gasteiger partial charge in [-0.3, -0.25) is 14.4 Å². The summed E-state index contributed by atoms with van der Waals surface area (Å²) < 4.78 is 22.5. The molecule has 1 aromatic carbocycles. The molecule has 0 aliphatic carbocycles. The molecule has 0 aromatic heterocycles. The molecule has 1 fully saturated rings. The van der Waals surface area contributed by atoms with Crippen LogP contribution in [0.2, 0.25) is 0 Å². The normalized spacial score (nSPS) is 19.7. The van der Waals surface area contributed by atoms with E-state index in [4.69, 9.17) is 18.9 Å². The minimum absolute atomic E-state index is 0.0388. The Morgan fingerprint density at radius 2 is 1.65 bits per heavy atom. The molecule has 0 radical (unpaired) electrons. The van der Waals surface area contributed by atoms with E-state index in [0.717, 1.165) is 0 Å². The van der Waals surface area contributed by atoms with Gasteiger partial charge in [0.05, 0.1) is 6.61 Å². The molecule has 1 heterocycles. The topological polar surface area (TPSA) is 137 Å². The third-order valence-electron chi connectivity index (χ3n) is 4.99. The monoisotopic (exact) mass is 479 g/mol. The number of benzene rings is 1. The molecule has 3 atom stereocenters. The van der Waals surface area contributed by atoms with Crippen molar-refractivity contribution in [2.45, 2.75) is 84.2 Å². The highest BCUT2D eigenvalue weighted by atomic mass is 16.7. The number of hydrogen-bond acceptors (Lipinski definition) is 8. The number of rotatable bonds is 12. The Labute approximate surface area is 198 Å². The lowest BCUT2D eigenvalue weighted by molar-refractivity contribution is -0.231. The SMILES string of the molecule is CCCC(=O)Nc1ccc(O[C@@H]2OCC[C@H](OC(=O)CCC)[C@H]2OC(=O)CCC)c(C(=O)O)c1. The summed E-state index contributed by atoms with van der Waals surface area (Å²) in [4.78, 5) is 48.1. The van der Waals surface area contributed by atoms with Crippen LogP contribution < -0.4 is 10.1 Å². The first-order valence-corrected chi connectivity index (χ1v) is 11.6. The predicted octanol–water partition coefficient (Wildman–Crippen LogP) is 3.67. The number of hydrogen-bond donors (Lipinski definition) is 2. The zero-order chi connectivity index (χ0) is 25.1. The van der Waals surface area contributed by atoms with E-state index in [2.05, 4.69) is 5.32 Å². The molecule has 2 rings (SSSR count). The number of amides is 1. The van der Waals surface area contributed by atoms with Gasteiger partial charge in [-0.05, 0) is 37.5 Å². The van der Waals surface area contributed by atoms with E-state index in [9.17, 15) is 24.3 Å². The van der Waals surface area contributed by atoms with Gasteiger partial charge in [0.1, 0.15) is 17.4 Å². The van der Waals surface area contributed by atoms with Crippen LogP contribution in [-0.4, -0.2) is 54.0 Å². The first-order valence-electron chi connectivity index (χ1n) is 11.6. The highest BCUT2D eigenvalue weighted by molar-refractivity contribution is 5.95. The molecule has 1 saturated heterocycles. The largest absolute Gasteiger partial charge is 0.478 e. The van der Waals surface area contributed by atoms with Crippen molar-refractivity contribution in [1.82, 2.24) is 0 Å². The Morgan fingerprint density at radius 1 is 1.00 bits per heavy atom. The Balaban J connectivity index is 2.27. The van der Waals surface area contributed by atoms with E-state index >= 15 is 0 Å². The summed E-state index contributed by atoms with van der Waals surface area (Å²) in [6, 6.07) is 4.19. The van der Waals surface area contributed by atoms with Crippen LogP contribution in [0, 0.1) is 0 Å². The molecule has 10 nitrogen and oxygen atoms in total. The summed E-state index contributed by atoms with van der Waals surface area (Å²) in [5.74, 6) is -2.48. The van der Waals surface area contributed by atoms with Crippen molar-refractivity contribution in [3.63, 3.8) is 0 Å². The van der Waals surface area contributed by atoms with Crippen LogP contribution in [0.25, 0.3) is 0 Å². The summed E-state index contributed by atoms with van der Waals surface area (Å²) in [5.41, 5.74) is 0.103. The molecule has 0 saturated carbocycles. The molecule has 0 spiro atoms. The first kappa shape index (κ1) is 27.1. The van der Waals surface area contributed by atoms with E-state index in [1.807, 2.05) is 20.8 Å². The number of nitrogens with one attached hydrogen (secondary N) is 1. The highest BCUT2D eigenvalue weighted by Gasteiger charge is 2.41. The van der Waals surface area contributed by atoms with Crippen molar-refractivity contribution in [2.75, 3.05) is 11.9 Å². The van der Waals surface area contributed by atoms with E-state index in [1.54, 1.807) is 0 Å². The van der Waals surface area contributed by atoms with Gasteiger partial charge in [-0.1, -0.05) is 20.8 Å². The molecular formula is C24H33NO9. The molecule has 188 valence electrons. The summed E-state index contributed by atoms with van der Waals surface area (Å²) in [6.07, 6.45) is -0.255. The molecule has 34 heavy (non-hydrogen) atoms. The number of carboxylic acid groups (broad SMARTS) is 1. The molecular weight excluding hydrogens is 446 g/mol. The number of carbonyl (C=O) groups is 4. The molecule has 10 heteroatoms. The van der Waals surface area contributed by atoms with Gasteiger partial charge in [-0.2, -0.15) is 0 Å². The summed E-state index contributed by atoms with van der Waals surface area (Å²) in [5, 5.41) is 12.3. The second-order valence-corrected chi connectivity index (χ2v) is 7.94. The molecule has 1 aliphatic rings. The number of ether oxygens (including phenoxy) is 4. The minimum atomic E-state index is -1.28. The van der Waals surface area contributed by atoms with Gasteiger partial charge in [0.2, 0.25) is 18.3 Å². The number of carbonyl (C=O) groups excluding carboxylic acids is 3. The van der Waals surface area contributed by atoms with Crippen LogP contribution in [0.15, 0.2) is 18.2 Å². The zero-order valence-electron chi connectivity index (χ0n) is 19.8. The fourth-order valence-corrected chi connectivity index (χ4v) is 3.39. The van der Waals surface area contributed by atoms with Gasteiger partial charge < -0.3 is 29.4 Å². The standard InChI is InChI=1S/C24H33NO9/c1-4-7-19(26)25-15-10-11-17(16(14-15)23(29)30)33-24-22(34-21(28)9-6-3)18(12-13-31-24)32-20(27)8-5-2/h10-11,14,18,22,24H,4-9,12-13H2,1-3H3,(H,25,26)(H,29,30)/t18-,22+,24-/m0/s1. The molecule has 0 bridgehead atoms. The molecule has 1 aliphatic heterocycles. The summed E-state index contributed by atoms with van der Waals surface area (Å²) in [6.45, 7) is 5.69. The van der Waals surface area contributed by atoms with Crippen molar-refractivity contribution in [3.8, 4) is 5.75 Å². The number of anilines is 1. The fourth-order valence-electron chi connectivity index (χ4n) is 3.39. The van der Waals surface area contributed by atoms with Crippen molar-refractivity contribution in [2.24, 2.45) is 0 Å². The second kappa shape index (κ2) is 13.5. The van der Waals surface area contributed by atoms with E-state index < -0.39 is 36.4 Å². The quantitative estimate of drug-likeness (QED) is 0.430. The summed E-state index contributed by atoms with van der Waals surface area (Å²) >= 11 is 0. The minimum Gasteiger partial charge on any atom is -0.478 e. The first-order chi connectivity index (χ1) is 16.3. The van der Waals surface area contributed by atoms with E-state index in [0.29, 0.717) is 37.8 Å². The van der Waals surface area contributed by atoms with Crippen LogP contribution >= 0.6 is 0 Å². The molecule has 1 aromatic rings. The predicted molar refractivity (Wildman–Crippen MR) is 122 cm³/mol. The van der Waals surface area contributed by atoms with Gasteiger partial charge in [0.15, 0.2) is 0 Å². The smallest absolute Gasteiger partial charge is 0.339 e. The Bertz CT molecular complexity index is 870. The maximum absolute atomic E-state index is 12.2. The van der Waals surface area contributed by atoms with Crippen LogP contribution in [0.3, 0.4) is 0 Å². The Kier molecular flexibility index (Phi) is 10.8. The molecule has 2 N–H and O–H groups in total. The van der Waals surface area contributed by atoms with Gasteiger partial charge in [0, 0.05) is 31.4 Å². The van der Waals surface area contributed by atoms with Gasteiger partial charge in [-0.15, -0.1) is 0 Å². The molecule has 0 unspecified atom stereocenters. The maximum Gasteiger partial charge on any atom is 0.339 e. The van der Waals surface area contributed by atoms with Gasteiger partial charge in [0.25, 0.3) is 0 Å². The number of carboxylic acids is 1. The van der Waals surface area contributed by atoms with Crippen LogP contribution in [-0.2, 0) is 28.6 Å². The number of aromatic carboxylic acids is 1. The number of esters is 2. The average molecular weight is 480 g/mol. The lowest BCUT2D eigenvalue weighted by Crippen LogP contribution is -2.51. The van der Waals surface area contributed by atoms with Gasteiger partial charge in [-0.25, -0.2) is 4.79 Å². The lowest BCUT2D eigenvalue weighted by Gasteiger charge is -2.36. The van der Waals surface area contributed by atoms with Crippen LogP contribution in [0.4, 0.5) is 5.69 Å². The van der Waals surface area contributed by atoms with Gasteiger partial charge >= 0.3 is 17.9 Å². The van der Waals surface area contributed by atoms with Crippen LogP contribution in [0.5, 0.6) is 5.75 Å². The summed E-state index contributed by atoms with van der Waals surface area (Å²) in [7, 11) is 0. The van der Waals surface area contributed by atoms with E-state index in [1.165, 1.54) is 18.2 Å². The maximum atomic E-state index is 12.2. The van der Waals surface area contributed by atoms with Crippen molar-refractivity contribution < 1.29 is 43.2 Å². The Hall–Kier alpha value is -3.14. The fraction of sp³-hybridized carbons (Fsp3) is 0.583. The third-order valence-corrected chi connectivity index (χ3v) is 4.99. The van der Waals surface area contributed by atoms with Crippen molar-refractivity contribution in [1.29, 1.82) is 0 Å². The van der Waals surface area contributed by atoms with Crippen molar-refractivity contribution >= 4 is 29.5 Å². The Morgan fingerprint density at radius 3 is 2.26 bits per heavy atom. The van der Waals surface area contributed by atoms with E-state index in [-0.39, 0.29) is 36.7 Å². The second-order valence-electron chi connectivity index (χ2n) is 7.94. The average Bonchev–Trinajstić information content (AvgIpc) is 2.77. The zero-order valence-corrected chi connectivity index (χ0v) is 19.8. The third kappa shape index (κ3) is 8.02. The molecule has 1 amide bonds. The van der Waals surface area contributed by atoms with Crippen molar-refractivity contribution in [3.05, 3.63) is 23.8 Å². The highest BCUT2D eigenvalue weighted by Crippen LogP contribution is 2.29. The van der Waals surface area contributed by atoms with Crippen LogP contribution in [0.1, 0.15) is 76.1 Å². The lowest BCUT2D eigenvalue weighted by atomic mass is 10.1.